The number of hydrogen-bond donors (Lipinski definition) is 1. The van der Waals surface area contributed by atoms with Crippen molar-refractivity contribution in [2.24, 2.45) is 5.73 Å². The average Bonchev–Trinajstić information content (AvgIpc) is 3.12. The second-order valence-electron chi connectivity index (χ2n) is 8.25. The number of nitrogens with two attached hydrogens (primary N) is 1. The van der Waals surface area contributed by atoms with Crippen molar-refractivity contribution >= 4 is 22.0 Å². The fraction of sp³-hybridized carbons (Fsp3) is 0.0370. The van der Waals surface area contributed by atoms with Gasteiger partial charge in [0.1, 0.15) is 28.2 Å². The van der Waals surface area contributed by atoms with E-state index in [0.717, 1.165) is 5.56 Å². The van der Waals surface area contributed by atoms with Gasteiger partial charge in [-0.25, -0.2) is 14.8 Å². The monoisotopic (exact) mass is 442 g/mol. The molecule has 1 unspecified atom stereocenters. The molecule has 1 aliphatic heterocycles. The highest BCUT2D eigenvalue weighted by molar-refractivity contribution is 5.92. The molecule has 7 heteroatoms. The summed E-state index contributed by atoms with van der Waals surface area (Å²) in [6, 6.07) is 24.3. The largest absolute Gasteiger partial charge is 0.439 e. The Balaban J connectivity index is 1.76. The van der Waals surface area contributed by atoms with E-state index in [1.165, 1.54) is 0 Å². The van der Waals surface area contributed by atoms with Crippen LogP contribution in [0.1, 0.15) is 16.8 Å². The molecule has 0 saturated heterocycles. The molecule has 1 atom stereocenters. The van der Waals surface area contributed by atoms with Gasteiger partial charge in [-0.2, -0.15) is 5.26 Å². The number of hydrogen-bond acceptors (Lipinski definition) is 7. The lowest BCUT2D eigenvalue weighted by molar-refractivity contribution is 0.372. The third-order valence-electron chi connectivity index (χ3n) is 6.60. The number of rotatable bonds is 0. The molecule has 0 fully saturated rings. The number of nitriles is 1. The normalized spacial score (nSPS) is 17.9. The van der Waals surface area contributed by atoms with Crippen LogP contribution in [0, 0.1) is 11.3 Å². The van der Waals surface area contributed by atoms with E-state index >= 15 is 0 Å². The predicted octanol–water partition coefficient (Wildman–Crippen LogP) is 4.14. The molecule has 7 rings (SSSR count). The van der Waals surface area contributed by atoms with Crippen molar-refractivity contribution in [1.82, 2.24) is 9.97 Å². The molecular formula is C27H14N4O3. The summed E-state index contributed by atoms with van der Waals surface area (Å²) in [6.45, 7) is 0. The van der Waals surface area contributed by atoms with Gasteiger partial charge >= 0.3 is 5.63 Å². The zero-order chi connectivity index (χ0) is 23.0. The van der Waals surface area contributed by atoms with Crippen LogP contribution in [0.3, 0.4) is 0 Å². The highest BCUT2D eigenvalue weighted by Gasteiger charge is 2.57. The van der Waals surface area contributed by atoms with Crippen LogP contribution in [0.15, 0.2) is 93.5 Å². The Morgan fingerprint density at radius 2 is 1.62 bits per heavy atom. The van der Waals surface area contributed by atoms with E-state index in [-0.39, 0.29) is 22.8 Å². The maximum absolute atomic E-state index is 13.6. The van der Waals surface area contributed by atoms with Crippen LogP contribution in [0.2, 0.25) is 0 Å². The molecule has 1 spiro atoms. The van der Waals surface area contributed by atoms with E-state index in [1.807, 2.05) is 54.6 Å². The summed E-state index contributed by atoms with van der Waals surface area (Å²) in [5.41, 5.74) is 8.83. The molecule has 2 aliphatic rings. The van der Waals surface area contributed by atoms with Crippen molar-refractivity contribution in [2.75, 3.05) is 0 Å². The molecule has 2 aromatic heterocycles. The fourth-order valence-corrected chi connectivity index (χ4v) is 5.26. The number of para-hydroxylation sites is 3. The van der Waals surface area contributed by atoms with Crippen molar-refractivity contribution in [1.29, 1.82) is 5.26 Å². The van der Waals surface area contributed by atoms with Gasteiger partial charge in [-0.05, 0) is 29.8 Å². The van der Waals surface area contributed by atoms with Crippen LogP contribution < -0.4 is 16.1 Å². The third-order valence-corrected chi connectivity index (χ3v) is 6.60. The number of aromatic nitrogens is 2. The lowest BCUT2D eigenvalue weighted by Gasteiger charge is -2.35. The van der Waals surface area contributed by atoms with Crippen molar-refractivity contribution in [3.8, 4) is 23.1 Å². The van der Waals surface area contributed by atoms with Gasteiger partial charge in [-0.1, -0.05) is 48.5 Å². The fourth-order valence-electron chi connectivity index (χ4n) is 5.26. The second kappa shape index (κ2) is 6.30. The van der Waals surface area contributed by atoms with E-state index in [4.69, 9.17) is 24.9 Å². The number of nitrogens with zero attached hydrogens (tertiary/aromatic N) is 3. The standard InChI is InChI=1S/C27H14N4O3/c28-13-17-25(29)34-23-15-8-2-6-12-20(15)33-26(32)21(23)27(17)16-9-3-1-7-14(16)22-24(27)31-19-11-5-4-10-18(19)30-22/h1-12H,29H2. The van der Waals surface area contributed by atoms with E-state index in [9.17, 15) is 10.1 Å². The van der Waals surface area contributed by atoms with Gasteiger partial charge in [0.15, 0.2) is 5.75 Å². The maximum atomic E-state index is 13.6. The van der Waals surface area contributed by atoms with Crippen LogP contribution in [0.25, 0.3) is 33.3 Å². The predicted molar refractivity (Wildman–Crippen MR) is 125 cm³/mol. The first-order valence-electron chi connectivity index (χ1n) is 10.7. The molecule has 0 amide bonds. The van der Waals surface area contributed by atoms with Crippen molar-refractivity contribution in [2.45, 2.75) is 5.41 Å². The molecule has 1 aliphatic carbocycles. The summed E-state index contributed by atoms with van der Waals surface area (Å²) in [7, 11) is 0. The van der Waals surface area contributed by atoms with Crippen molar-refractivity contribution in [3.63, 3.8) is 0 Å². The number of ether oxygens (including phenoxy) is 1. The molecule has 0 saturated carbocycles. The quantitative estimate of drug-likeness (QED) is 0.358. The van der Waals surface area contributed by atoms with E-state index < -0.39 is 11.0 Å². The van der Waals surface area contributed by atoms with Crippen molar-refractivity contribution < 1.29 is 9.15 Å². The Morgan fingerprint density at radius 1 is 0.912 bits per heavy atom. The van der Waals surface area contributed by atoms with Crippen LogP contribution in [0.4, 0.5) is 0 Å². The smallest absolute Gasteiger partial charge is 0.344 e. The maximum Gasteiger partial charge on any atom is 0.344 e. The van der Waals surface area contributed by atoms with Gasteiger partial charge in [0, 0.05) is 5.56 Å². The third kappa shape index (κ3) is 2.07. The molecule has 5 aromatic rings. The average molecular weight is 442 g/mol. The first-order valence-corrected chi connectivity index (χ1v) is 10.7. The Morgan fingerprint density at radius 3 is 2.44 bits per heavy atom. The van der Waals surface area contributed by atoms with Gasteiger partial charge in [0.2, 0.25) is 5.88 Å². The zero-order valence-corrected chi connectivity index (χ0v) is 17.6. The van der Waals surface area contributed by atoms with E-state index in [0.29, 0.717) is 39.0 Å². The summed E-state index contributed by atoms with van der Waals surface area (Å²) in [5, 5.41) is 10.9. The number of benzene rings is 3. The Bertz CT molecular complexity index is 1850. The highest BCUT2D eigenvalue weighted by atomic mass is 16.5. The van der Waals surface area contributed by atoms with Crippen LogP contribution >= 0.6 is 0 Å². The van der Waals surface area contributed by atoms with Gasteiger partial charge in [-0.3, -0.25) is 0 Å². The van der Waals surface area contributed by atoms with Gasteiger partial charge in [0.05, 0.1) is 27.8 Å². The van der Waals surface area contributed by atoms with Crippen LogP contribution in [-0.2, 0) is 5.41 Å². The zero-order valence-electron chi connectivity index (χ0n) is 17.6. The summed E-state index contributed by atoms with van der Waals surface area (Å²) in [4.78, 5) is 23.5. The van der Waals surface area contributed by atoms with Crippen LogP contribution in [0.5, 0.6) is 5.75 Å². The number of allylic oxidation sites excluding steroid dienone is 1. The second-order valence-corrected chi connectivity index (χ2v) is 8.25. The van der Waals surface area contributed by atoms with Crippen LogP contribution in [-0.4, -0.2) is 9.97 Å². The van der Waals surface area contributed by atoms with Gasteiger partial charge in [-0.15, -0.1) is 0 Å². The highest BCUT2D eigenvalue weighted by Crippen LogP contribution is 2.58. The lowest BCUT2D eigenvalue weighted by Crippen LogP contribution is -2.41. The Kier molecular flexibility index (Phi) is 3.45. The first kappa shape index (κ1) is 18.6. The minimum Gasteiger partial charge on any atom is -0.439 e. The van der Waals surface area contributed by atoms with E-state index in [1.54, 1.807) is 18.2 Å². The molecule has 7 nitrogen and oxygen atoms in total. The molecule has 0 bridgehead atoms. The Hall–Kier alpha value is -4.96. The molecule has 0 radical (unpaired) electrons. The molecular weight excluding hydrogens is 428 g/mol. The van der Waals surface area contributed by atoms with Crippen molar-refractivity contribution in [3.05, 3.63) is 111 Å². The summed E-state index contributed by atoms with van der Waals surface area (Å²) < 4.78 is 11.7. The topological polar surface area (TPSA) is 115 Å². The minimum absolute atomic E-state index is 0.0802. The van der Waals surface area contributed by atoms with Gasteiger partial charge in [0.25, 0.3) is 0 Å². The van der Waals surface area contributed by atoms with E-state index in [2.05, 4.69) is 6.07 Å². The summed E-state index contributed by atoms with van der Waals surface area (Å²) in [5.74, 6) is 0.185. The lowest BCUT2D eigenvalue weighted by atomic mass is 9.68. The minimum atomic E-state index is -1.42. The number of fused-ring (bicyclic) bond motifs is 10. The molecule has 34 heavy (non-hydrogen) atoms. The molecule has 3 aromatic carbocycles. The molecule has 3 heterocycles. The molecule has 160 valence electrons. The SMILES string of the molecule is N#CC1=C(N)Oc2c(c(=O)oc3ccccc23)C12c1ccccc1-c1nc3ccccc3nc12. The Labute approximate surface area is 192 Å². The van der Waals surface area contributed by atoms with Gasteiger partial charge < -0.3 is 14.9 Å². The summed E-state index contributed by atoms with van der Waals surface area (Å²) >= 11 is 0. The molecule has 2 N–H and O–H groups in total. The first-order chi connectivity index (χ1) is 16.6. The summed E-state index contributed by atoms with van der Waals surface area (Å²) in [6.07, 6.45) is 0.